The largest absolute Gasteiger partial charge is 0.497 e. The van der Waals surface area contributed by atoms with E-state index in [2.05, 4.69) is 20.9 Å². The first kappa shape index (κ1) is 26.2. The van der Waals surface area contributed by atoms with Crippen LogP contribution in [0.25, 0.3) is 10.4 Å². The second-order valence-electron chi connectivity index (χ2n) is 6.78. The van der Waals surface area contributed by atoms with Crippen molar-refractivity contribution in [1.29, 1.82) is 0 Å². The molecule has 0 unspecified atom stereocenters. The molecule has 0 fully saturated rings. The number of hydrogen-bond donors (Lipinski definition) is 2. The number of rotatable bonds is 6. The number of nitrogens with one attached hydrogen (secondary N) is 2. The fourth-order valence-electron chi connectivity index (χ4n) is 2.68. The molecule has 0 aliphatic rings. The number of hydrogen-bond acceptors (Lipinski definition) is 6. The molecule has 11 nitrogen and oxygen atoms in total. The molecule has 176 valence electrons. The topological polar surface area (TPSA) is 140 Å². The highest BCUT2D eigenvalue weighted by molar-refractivity contribution is 7.80. The van der Waals surface area contributed by atoms with Gasteiger partial charge in [-0.2, -0.15) is 0 Å². The van der Waals surface area contributed by atoms with Gasteiger partial charge in [0.1, 0.15) is 22.1 Å². The first-order chi connectivity index (χ1) is 16.2. The molecule has 0 saturated heterocycles. The summed E-state index contributed by atoms with van der Waals surface area (Å²) in [5.74, 6) is -1.21. The van der Waals surface area contributed by atoms with Crippen LogP contribution in [0, 0.1) is 0 Å². The zero-order valence-electron chi connectivity index (χ0n) is 18.5. The van der Waals surface area contributed by atoms with E-state index in [1.807, 2.05) is 0 Å². The van der Waals surface area contributed by atoms with Crippen LogP contribution in [0.3, 0.4) is 0 Å². The van der Waals surface area contributed by atoms with Crippen molar-refractivity contribution in [3.05, 3.63) is 75.7 Å². The van der Waals surface area contributed by atoms with E-state index in [9.17, 15) is 14.4 Å². The average Bonchev–Trinajstić information content (AvgIpc) is 2.83. The summed E-state index contributed by atoms with van der Waals surface area (Å²) in [6, 6.07) is 13.0. The Bertz CT molecular complexity index is 1150. The van der Waals surface area contributed by atoms with Crippen LogP contribution in [0.5, 0.6) is 5.75 Å². The van der Waals surface area contributed by atoms with Gasteiger partial charge in [0.25, 0.3) is 0 Å². The Labute approximate surface area is 206 Å². The predicted molar refractivity (Wildman–Crippen MR) is 133 cm³/mol. The summed E-state index contributed by atoms with van der Waals surface area (Å²) in [7, 11) is 4.64. The van der Waals surface area contributed by atoms with E-state index in [1.54, 1.807) is 50.6 Å². The van der Waals surface area contributed by atoms with Crippen molar-refractivity contribution in [2.75, 3.05) is 21.2 Å². The summed E-state index contributed by atoms with van der Waals surface area (Å²) in [6.45, 7) is 0. The molecule has 0 aliphatic heterocycles. The van der Waals surface area contributed by atoms with E-state index in [-0.39, 0.29) is 10.6 Å². The Kier molecular flexibility index (Phi) is 9.44. The van der Waals surface area contributed by atoms with Gasteiger partial charge in [0.15, 0.2) is 0 Å². The van der Waals surface area contributed by atoms with Gasteiger partial charge in [-0.3, -0.25) is 35.3 Å². The molecule has 2 N–H and O–H groups in total. The molecular weight excluding hydrogens is 478 g/mol. The van der Waals surface area contributed by atoms with Crippen molar-refractivity contribution in [3.8, 4) is 5.75 Å². The van der Waals surface area contributed by atoms with E-state index in [4.69, 9.17) is 34.7 Å². The molecule has 13 heteroatoms. The van der Waals surface area contributed by atoms with Crippen LogP contribution in [0.4, 0.5) is 0 Å². The molecule has 3 amide bonds. The lowest BCUT2D eigenvalue weighted by Crippen LogP contribution is -2.47. The number of carbonyl (C=O) groups is 3. The summed E-state index contributed by atoms with van der Waals surface area (Å²) in [5.41, 5.74) is 14.8. The maximum Gasteiger partial charge on any atom is 0.249 e. The molecule has 0 bridgehead atoms. The summed E-state index contributed by atoms with van der Waals surface area (Å²) in [6.07, 6.45) is -0.470. The van der Waals surface area contributed by atoms with Gasteiger partial charge in [0.2, 0.25) is 17.7 Å². The third-order valence-electron chi connectivity index (χ3n) is 4.37. The molecule has 34 heavy (non-hydrogen) atoms. The lowest BCUT2D eigenvalue weighted by Gasteiger charge is -2.23. The number of ether oxygens (including phenoxy) is 1. The Hall–Kier alpha value is -4.06. The van der Waals surface area contributed by atoms with Gasteiger partial charge < -0.3 is 4.74 Å². The van der Waals surface area contributed by atoms with Crippen molar-refractivity contribution in [3.63, 3.8) is 0 Å². The highest BCUT2D eigenvalue weighted by atomic mass is 32.1. The van der Waals surface area contributed by atoms with Crippen molar-refractivity contribution in [2.24, 2.45) is 5.11 Å². The van der Waals surface area contributed by atoms with Crippen LogP contribution in [0.1, 0.15) is 27.9 Å². The number of amides is 3. The molecule has 2 aromatic rings. The average molecular weight is 500 g/mol. The van der Waals surface area contributed by atoms with Gasteiger partial charge in [-0.05, 0) is 34.9 Å². The maximum atomic E-state index is 12.3. The fourth-order valence-corrected chi connectivity index (χ4v) is 3.04. The van der Waals surface area contributed by atoms with Gasteiger partial charge in [0, 0.05) is 35.7 Å². The van der Waals surface area contributed by atoms with Gasteiger partial charge in [-0.15, -0.1) is 0 Å². The molecule has 2 aromatic carbocycles. The van der Waals surface area contributed by atoms with Gasteiger partial charge in [-0.1, -0.05) is 48.7 Å². The molecule has 0 spiro atoms. The third kappa shape index (κ3) is 7.24. The van der Waals surface area contributed by atoms with Crippen molar-refractivity contribution < 1.29 is 19.1 Å². The first-order valence-corrected chi connectivity index (χ1v) is 10.5. The van der Waals surface area contributed by atoms with Gasteiger partial charge in [0.05, 0.1) is 7.11 Å². The number of thiocarbonyl (C=S) groups is 2. The van der Waals surface area contributed by atoms with Crippen LogP contribution < -0.4 is 15.6 Å². The van der Waals surface area contributed by atoms with E-state index in [1.165, 1.54) is 29.2 Å². The molecule has 0 atom stereocenters. The summed E-state index contributed by atoms with van der Waals surface area (Å²) >= 11 is 10.7. The van der Waals surface area contributed by atoms with Crippen molar-refractivity contribution >= 4 is 52.1 Å². The van der Waals surface area contributed by atoms with Crippen LogP contribution in [0.2, 0.25) is 0 Å². The first-order valence-electron chi connectivity index (χ1n) is 9.65. The van der Waals surface area contributed by atoms with Crippen LogP contribution >= 0.6 is 24.4 Å². The minimum absolute atomic E-state index is 0.199. The van der Waals surface area contributed by atoms with E-state index >= 15 is 0 Å². The smallest absolute Gasteiger partial charge is 0.249 e. The van der Waals surface area contributed by atoms with Crippen molar-refractivity contribution in [2.45, 2.75) is 6.42 Å². The van der Waals surface area contributed by atoms with Crippen LogP contribution in [-0.2, 0) is 9.59 Å². The minimum atomic E-state index is -0.718. The normalized spacial score (nSPS) is 9.74. The second kappa shape index (κ2) is 12.3. The third-order valence-corrected chi connectivity index (χ3v) is 5.39. The lowest BCUT2D eigenvalue weighted by atomic mass is 10.1. The number of azide groups is 1. The van der Waals surface area contributed by atoms with Crippen molar-refractivity contribution in [1.82, 2.24) is 20.9 Å². The number of benzene rings is 2. The molecular formula is C21H21N7O4S2. The predicted octanol–water partition coefficient (Wildman–Crippen LogP) is 2.51. The number of methoxy groups -OCH3 is 1. The molecule has 0 aliphatic carbocycles. The number of carbonyl (C=O) groups excluding carboxylic acids is 3. The molecule has 0 radical (unpaired) electrons. The summed E-state index contributed by atoms with van der Waals surface area (Å²) in [5, 5.41) is 5.64. The standard InChI is InChI=1S/C21H21N7O4S2/c1-27(20(33)14-6-4-13(5-7-14)19(31)23-26-22)24-17(29)12-18(30)25-28(2)21(34)15-8-10-16(32-3)11-9-15/h4-11H,12H2,1-3H3,(H,24,29)(H,25,30). The molecule has 0 aromatic heterocycles. The molecule has 0 saturated carbocycles. The maximum absolute atomic E-state index is 12.3. The van der Waals surface area contributed by atoms with Crippen LogP contribution in [0.15, 0.2) is 53.6 Å². The van der Waals surface area contributed by atoms with Gasteiger partial charge in [-0.25, -0.2) is 0 Å². The van der Waals surface area contributed by atoms with E-state index < -0.39 is 24.1 Å². The Morgan fingerprint density at radius 2 is 1.29 bits per heavy atom. The van der Waals surface area contributed by atoms with Crippen LogP contribution in [-0.4, -0.2) is 58.9 Å². The zero-order valence-corrected chi connectivity index (χ0v) is 20.1. The molecule has 0 heterocycles. The Morgan fingerprint density at radius 1 is 0.882 bits per heavy atom. The van der Waals surface area contributed by atoms with Gasteiger partial charge >= 0.3 is 0 Å². The number of nitrogens with zero attached hydrogens (tertiary/aromatic N) is 5. The van der Waals surface area contributed by atoms with E-state index in [0.29, 0.717) is 21.9 Å². The Balaban J connectivity index is 1.88. The highest BCUT2D eigenvalue weighted by Crippen LogP contribution is 2.13. The second-order valence-corrected chi connectivity index (χ2v) is 7.55. The lowest BCUT2D eigenvalue weighted by molar-refractivity contribution is -0.132. The summed E-state index contributed by atoms with van der Waals surface area (Å²) in [4.78, 5) is 39.2. The zero-order chi connectivity index (χ0) is 25.3. The quantitative estimate of drug-likeness (QED) is 0.154. The number of hydrazine groups is 2. The SMILES string of the molecule is COc1ccc(C(=S)N(C)NC(=O)CC(=O)NN(C)C(=S)c2ccc(C(=O)N=[N+]=[N-])cc2)cc1. The highest BCUT2D eigenvalue weighted by Gasteiger charge is 2.17. The van der Waals surface area contributed by atoms with E-state index in [0.717, 1.165) is 0 Å². The monoisotopic (exact) mass is 499 g/mol. The minimum Gasteiger partial charge on any atom is -0.497 e. The summed E-state index contributed by atoms with van der Waals surface area (Å²) < 4.78 is 5.10. The Morgan fingerprint density at radius 3 is 1.71 bits per heavy atom. The fraction of sp³-hybridized carbons (Fsp3) is 0.190. The molecule has 2 rings (SSSR count).